The van der Waals surface area contributed by atoms with Crippen molar-refractivity contribution in [2.45, 2.75) is 62.6 Å². The number of nitrogens with two attached hydrogens (primary N) is 1. The molecule has 0 bridgehead atoms. The molecule has 2 amide bonds. The third-order valence-corrected chi connectivity index (χ3v) is 8.42. The van der Waals surface area contributed by atoms with Crippen molar-refractivity contribution in [3.05, 3.63) is 47.5 Å². The number of methoxy groups -OCH3 is 2. The second-order valence-electron chi connectivity index (χ2n) is 10.2. The van der Waals surface area contributed by atoms with Crippen molar-refractivity contribution >= 4 is 39.5 Å². The van der Waals surface area contributed by atoms with Crippen molar-refractivity contribution in [1.82, 2.24) is 10.0 Å². The fourth-order valence-corrected chi connectivity index (χ4v) is 5.36. The Morgan fingerprint density at radius 1 is 1.04 bits per heavy atom. The molecule has 254 valence electrons. The molecule has 6 N–H and O–H groups in total. The number of halogens is 3. The van der Waals surface area contributed by atoms with Crippen LogP contribution in [0.3, 0.4) is 0 Å². The Labute approximate surface area is 264 Å². The van der Waals surface area contributed by atoms with Crippen LogP contribution < -0.4 is 30.6 Å². The number of rotatable bonds is 10. The summed E-state index contributed by atoms with van der Waals surface area (Å²) in [6.45, 7) is 1.77. The molecule has 1 saturated carbocycles. The lowest BCUT2D eigenvalue weighted by molar-refractivity contribution is -0.192. The van der Waals surface area contributed by atoms with Crippen molar-refractivity contribution in [3.8, 4) is 11.5 Å². The minimum Gasteiger partial charge on any atom is -0.493 e. The normalized spacial score (nSPS) is 14.7. The number of aryl methyl sites for hydroxylation is 1. The quantitative estimate of drug-likeness (QED) is 0.186. The smallest absolute Gasteiger partial charge is 0.490 e. The van der Waals surface area contributed by atoms with E-state index in [-0.39, 0.29) is 23.2 Å². The summed E-state index contributed by atoms with van der Waals surface area (Å²) < 4.78 is 69.1. The largest absolute Gasteiger partial charge is 0.493 e. The molecule has 17 heteroatoms. The Morgan fingerprint density at radius 2 is 1.65 bits per heavy atom. The van der Waals surface area contributed by atoms with Gasteiger partial charge in [0.2, 0.25) is 21.8 Å². The van der Waals surface area contributed by atoms with E-state index in [4.69, 9.17) is 25.1 Å². The van der Waals surface area contributed by atoms with Gasteiger partial charge in [0.05, 0.1) is 25.5 Å². The molecule has 2 aromatic carbocycles. The number of anilines is 1. The number of carboxylic acids is 1. The molecule has 2 aromatic rings. The Hall–Kier alpha value is -4.38. The van der Waals surface area contributed by atoms with E-state index in [0.29, 0.717) is 28.3 Å². The SMILES string of the molecule is CNS(=O)(=O)c1ccc(C)c(NC(=O)[C@H](N=C(N)NC(=O)Cc2ccc(OC)c(OC)c2)C2CCCCC2)c1.O=C(O)C(F)(F)F. The summed E-state index contributed by atoms with van der Waals surface area (Å²) in [5.74, 6) is -2.74. The summed E-state index contributed by atoms with van der Waals surface area (Å²) in [6, 6.07) is 8.82. The van der Waals surface area contributed by atoms with E-state index >= 15 is 0 Å². The number of guanidine groups is 1. The van der Waals surface area contributed by atoms with Gasteiger partial charge in [-0.15, -0.1) is 0 Å². The van der Waals surface area contributed by atoms with E-state index in [1.54, 1.807) is 31.2 Å². The van der Waals surface area contributed by atoms with Gasteiger partial charge in [-0.2, -0.15) is 13.2 Å². The molecule has 0 aliphatic heterocycles. The molecule has 1 fully saturated rings. The van der Waals surface area contributed by atoms with Crippen molar-refractivity contribution in [2.75, 3.05) is 26.6 Å². The number of benzene rings is 2. The first-order valence-corrected chi connectivity index (χ1v) is 15.5. The van der Waals surface area contributed by atoms with E-state index in [0.717, 1.165) is 32.1 Å². The van der Waals surface area contributed by atoms with Crippen LogP contribution in [0.25, 0.3) is 0 Å². The van der Waals surface area contributed by atoms with E-state index < -0.39 is 40.0 Å². The number of aliphatic carboxylic acids is 1. The summed E-state index contributed by atoms with van der Waals surface area (Å²) >= 11 is 0. The topological polar surface area (TPSA) is 199 Å². The molecule has 1 aliphatic rings. The maximum atomic E-state index is 13.5. The zero-order valence-corrected chi connectivity index (χ0v) is 26.5. The molecular formula is C29H38F3N5O8S. The minimum absolute atomic E-state index is 0.0167. The van der Waals surface area contributed by atoms with Crippen LogP contribution in [0.15, 0.2) is 46.3 Å². The lowest BCUT2D eigenvalue weighted by atomic mass is 9.83. The van der Waals surface area contributed by atoms with E-state index in [1.807, 2.05) is 0 Å². The van der Waals surface area contributed by atoms with Gasteiger partial charge in [0.25, 0.3) is 0 Å². The average molecular weight is 674 g/mol. The summed E-state index contributed by atoms with van der Waals surface area (Å²) in [5, 5.41) is 12.5. The monoisotopic (exact) mass is 673 g/mol. The predicted molar refractivity (Wildman–Crippen MR) is 163 cm³/mol. The Balaban J connectivity index is 0.000000942. The molecule has 0 unspecified atom stereocenters. The standard InChI is InChI=1S/C27H37N5O6S.C2HF3O2/c1-17-10-12-20(39(35,36)29-2)16-21(17)30-26(34)25(19-8-6-5-7-9-19)32-27(28)31-24(33)15-18-11-13-22(37-3)23(14-18)38-4;3-2(4,5)1(6)7/h10-14,16,19,25,29H,5-9,15H2,1-4H3,(H,30,34)(H3,28,31,32,33);(H,6,7)/t25-;/m1./s1. The number of amides is 2. The van der Waals surface area contributed by atoms with Gasteiger partial charge in [0, 0.05) is 5.69 Å². The third-order valence-electron chi connectivity index (χ3n) is 7.01. The lowest BCUT2D eigenvalue weighted by Gasteiger charge is -2.27. The zero-order valence-electron chi connectivity index (χ0n) is 25.7. The number of sulfonamides is 1. The van der Waals surface area contributed by atoms with E-state index in [1.165, 1.54) is 33.4 Å². The molecule has 0 aromatic heterocycles. The van der Waals surface area contributed by atoms with Gasteiger partial charge >= 0.3 is 12.1 Å². The molecule has 46 heavy (non-hydrogen) atoms. The molecule has 1 atom stereocenters. The average Bonchev–Trinajstić information content (AvgIpc) is 3.00. The van der Waals surface area contributed by atoms with Crippen LogP contribution in [-0.2, 0) is 30.8 Å². The minimum atomic E-state index is -5.08. The van der Waals surface area contributed by atoms with Gasteiger partial charge in [-0.1, -0.05) is 31.4 Å². The van der Waals surface area contributed by atoms with Gasteiger partial charge in [-0.05, 0) is 68.1 Å². The van der Waals surface area contributed by atoms with Crippen LogP contribution in [0.4, 0.5) is 18.9 Å². The van der Waals surface area contributed by atoms with E-state index in [9.17, 15) is 31.2 Å². The van der Waals surface area contributed by atoms with Gasteiger partial charge < -0.3 is 25.6 Å². The number of carboxylic acid groups (broad SMARTS) is 1. The van der Waals surface area contributed by atoms with Gasteiger partial charge in [0.1, 0.15) is 6.04 Å². The second-order valence-corrected chi connectivity index (χ2v) is 12.1. The summed E-state index contributed by atoms with van der Waals surface area (Å²) in [5.41, 5.74) is 7.85. The Bertz CT molecular complexity index is 1530. The molecule has 0 radical (unpaired) electrons. The second kappa shape index (κ2) is 16.8. The molecule has 1 aliphatic carbocycles. The number of nitrogens with zero attached hydrogens (tertiary/aromatic N) is 1. The first kappa shape index (κ1) is 37.8. The highest BCUT2D eigenvalue weighted by atomic mass is 32.2. The number of hydrogen-bond acceptors (Lipinski definition) is 8. The summed E-state index contributed by atoms with van der Waals surface area (Å²) in [4.78, 5) is 39.5. The molecule has 0 saturated heterocycles. The molecule has 3 rings (SSSR count). The number of carbonyl (C=O) groups excluding carboxylic acids is 2. The predicted octanol–water partition coefficient (Wildman–Crippen LogP) is 3.11. The summed E-state index contributed by atoms with van der Waals surface area (Å²) in [6.07, 6.45) is -0.476. The number of carbonyl (C=O) groups is 3. The van der Waals surface area contributed by atoms with Gasteiger partial charge in [-0.25, -0.2) is 22.9 Å². The summed E-state index contributed by atoms with van der Waals surface area (Å²) in [7, 11) is 0.675. The van der Waals surface area contributed by atoms with Crippen molar-refractivity contribution in [1.29, 1.82) is 0 Å². The van der Waals surface area contributed by atoms with Gasteiger partial charge in [-0.3, -0.25) is 14.9 Å². The Kier molecular flexibility index (Phi) is 13.8. The van der Waals surface area contributed by atoms with Gasteiger partial charge in [0.15, 0.2) is 17.5 Å². The van der Waals surface area contributed by atoms with Crippen LogP contribution in [-0.4, -0.2) is 70.8 Å². The van der Waals surface area contributed by atoms with Crippen LogP contribution in [0.5, 0.6) is 11.5 Å². The highest BCUT2D eigenvalue weighted by Crippen LogP contribution is 2.30. The number of hydrogen-bond donors (Lipinski definition) is 5. The van der Waals surface area contributed by atoms with Crippen LogP contribution in [0, 0.1) is 12.8 Å². The van der Waals surface area contributed by atoms with Crippen LogP contribution >= 0.6 is 0 Å². The maximum Gasteiger partial charge on any atom is 0.490 e. The molecule has 0 spiro atoms. The van der Waals surface area contributed by atoms with E-state index in [2.05, 4.69) is 20.3 Å². The fourth-order valence-electron chi connectivity index (χ4n) is 4.60. The number of nitrogens with one attached hydrogen (secondary N) is 3. The third kappa shape index (κ3) is 11.2. The van der Waals surface area contributed by atoms with Crippen LogP contribution in [0.1, 0.15) is 43.2 Å². The first-order valence-electron chi connectivity index (χ1n) is 14.0. The molecule has 0 heterocycles. The zero-order chi connectivity index (χ0) is 34.7. The number of alkyl halides is 3. The van der Waals surface area contributed by atoms with Crippen molar-refractivity contribution in [3.63, 3.8) is 0 Å². The number of aliphatic imine (C=N–C) groups is 1. The molecular weight excluding hydrogens is 635 g/mol. The highest BCUT2D eigenvalue weighted by molar-refractivity contribution is 7.89. The fraction of sp³-hybridized carbons (Fsp3) is 0.448. The lowest BCUT2D eigenvalue weighted by Crippen LogP contribution is -2.42. The van der Waals surface area contributed by atoms with Crippen molar-refractivity contribution < 1.29 is 50.6 Å². The first-order chi connectivity index (χ1) is 21.5. The van der Waals surface area contributed by atoms with Crippen LogP contribution in [0.2, 0.25) is 0 Å². The number of ether oxygens (including phenoxy) is 2. The molecule has 13 nitrogen and oxygen atoms in total. The Morgan fingerprint density at radius 3 is 2.20 bits per heavy atom. The maximum absolute atomic E-state index is 13.5. The van der Waals surface area contributed by atoms with Crippen molar-refractivity contribution in [2.24, 2.45) is 16.6 Å². The highest BCUT2D eigenvalue weighted by Gasteiger charge is 2.38.